The highest BCUT2D eigenvalue weighted by atomic mass is 16.6. The number of allylic oxidation sites excluding steroid dienone is 2. The molecule has 0 heterocycles. The third-order valence-electron chi connectivity index (χ3n) is 5.58. The van der Waals surface area contributed by atoms with Crippen LogP contribution in [0.4, 0.5) is 0 Å². The lowest BCUT2D eigenvalue weighted by Gasteiger charge is -2.44. The van der Waals surface area contributed by atoms with Gasteiger partial charge in [0.15, 0.2) is 11.7 Å². The molecule has 1 fully saturated rings. The molecule has 1 unspecified atom stereocenters. The van der Waals surface area contributed by atoms with Gasteiger partial charge in [-0.1, -0.05) is 24.3 Å². The lowest BCUT2D eigenvalue weighted by Crippen LogP contribution is -2.61. The van der Waals surface area contributed by atoms with Crippen LogP contribution < -0.4 is 0 Å². The van der Waals surface area contributed by atoms with Gasteiger partial charge in [0.25, 0.3) is 0 Å². The summed E-state index contributed by atoms with van der Waals surface area (Å²) in [5.74, 6) is -2.42. The second-order valence-corrected chi connectivity index (χ2v) is 8.02. The van der Waals surface area contributed by atoms with Gasteiger partial charge >= 0.3 is 11.9 Å². The Morgan fingerprint density at radius 1 is 1.30 bits per heavy atom. The number of methoxy groups -OCH3 is 1. The van der Waals surface area contributed by atoms with E-state index in [2.05, 4.69) is 6.58 Å². The van der Waals surface area contributed by atoms with Gasteiger partial charge in [0.1, 0.15) is 6.10 Å². The van der Waals surface area contributed by atoms with Crippen LogP contribution in [-0.2, 0) is 28.6 Å². The Morgan fingerprint density at radius 2 is 1.90 bits per heavy atom. The predicted octanol–water partition coefficient (Wildman–Crippen LogP) is 3.06. The zero-order valence-electron chi connectivity index (χ0n) is 19.0. The van der Waals surface area contributed by atoms with E-state index in [0.29, 0.717) is 17.6 Å². The number of aliphatic hydroxyl groups is 1. The van der Waals surface area contributed by atoms with Crippen molar-refractivity contribution in [2.24, 2.45) is 5.92 Å². The molecule has 7 heteroatoms. The van der Waals surface area contributed by atoms with E-state index in [4.69, 9.17) is 14.2 Å². The minimum atomic E-state index is -1.51. The van der Waals surface area contributed by atoms with E-state index in [1.54, 1.807) is 19.9 Å². The quantitative estimate of drug-likeness (QED) is 0.365. The largest absolute Gasteiger partial charge is 0.454 e. The second-order valence-electron chi connectivity index (χ2n) is 8.02. The minimum Gasteiger partial charge on any atom is -0.454 e. The molecule has 0 aromatic rings. The number of carbonyl (C=O) groups excluding carboxylic acids is 3. The molecule has 0 aliphatic heterocycles. The summed E-state index contributed by atoms with van der Waals surface area (Å²) < 4.78 is 16.2. The molecular formula is C23H34O7. The topological polar surface area (TPSA) is 99.1 Å². The number of ketones is 1. The molecule has 0 saturated heterocycles. The minimum absolute atomic E-state index is 0.0678. The van der Waals surface area contributed by atoms with Crippen molar-refractivity contribution >= 4 is 17.7 Å². The van der Waals surface area contributed by atoms with Crippen LogP contribution in [0.15, 0.2) is 35.5 Å². The normalized spacial score (nSPS) is 27.8. The smallest absolute Gasteiger partial charge is 0.333 e. The van der Waals surface area contributed by atoms with Crippen molar-refractivity contribution in [3.63, 3.8) is 0 Å². The van der Waals surface area contributed by atoms with Gasteiger partial charge in [0.05, 0.1) is 6.10 Å². The SMILES string of the molecule is C=C(C(CC=C(C)C)OC(=O)/C(C)=C\C)[C@@H]1C[C@H](O)[C@](C)(OC)C(=O)[C@H]1OC(C)=O. The Labute approximate surface area is 178 Å². The Hall–Kier alpha value is -2.25. The summed E-state index contributed by atoms with van der Waals surface area (Å²) in [6, 6.07) is 0. The average Bonchev–Trinajstić information content (AvgIpc) is 2.69. The highest BCUT2D eigenvalue weighted by Gasteiger charge is 2.54. The average molecular weight is 423 g/mol. The van der Waals surface area contributed by atoms with Crippen LogP contribution in [-0.4, -0.2) is 53.9 Å². The van der Waals surface area contributed by atoms with Crippen LogP contribution in [0.1, 0.15) is 54.4 Å². The number of rotatable bonds is 8. The van der Waals surface area contributed by atoms with Crippen LogP contribution in [0.5, 0.6) is 0 Å². The molecule has 1 N–H and O–H groups in total. The zero-order valence-corrected chi connectivity index (χ0v) is 19.0. The monoisotopic (exact) mass is 422 g/mol. The van der Waals surface area contributed by atoms with E-state index < -0.39 is 47.6 Å². The molecule has 0 spiro atoms. The maximum absolute atomic E-state index is 13.1. The highest BCUT2D eigenvalue weighted by Crippen LogP contribution is 2.39. The van der Waals surface area contributed by atoms with Crippen molar-refractivity contribution < 1.29 is 33.7 Å². The number of Topliss-reactive ketones (excluding diaryl/α,β-unsaturated/α-hetero) is 1. The molecule has 1 aliphatic rings. The van der Waals surface area contributed by atoms with Crippen LogP contribution >= 0.6 is 0 Å². The fourth-order valence-corrected chi connectivity index (χ4v) is 3.31. The van der Waals surface area contributed by atoms with E-state index in [-0.39, 0.29) is 6.42 Å². The first-order valence-corrected chi connectivity index (χ1v) is 9.99. The highest BCUT2D eigenvalue weighted by molar-refractivity contribution is 5.94. The van der Waals surface area contributed by atoms with E-state index in [0.717, 1.165) is 5.57 Å². The first-order chi connectivity index (χ1) is 13.9. The van der Waals surface area contributed by atoms with Gasteiger partial charge in [-0.3, -0.25) is 9.59 Å². The predicted molar refractivity (Wildman–Crippen MR) is 113 cm³/mol. The molecule has 1 aliphatic carbocycles. The first-order valence-electron chi connectivity index (χ1n) is 9.99. The maximum Gasteiger partial charge on any atom is 0.333 e. The fourth-order valence-electron chi connectivity index (χ4n) is 3.31. The molecule has 7 nitrogen and oxygen atoms in total. The summed E-state index contributed by atoms with van der Waals surface area (Å²) in [5, 5.41) is 10.6. The molecule has 0 amide bonds. The van der Waals surface area contributed by atoms with Crippen molar-refractivity contribution in [3.8, 4) is 0 Å². The van der Waals surface area contributed by atoms with E-state index in [9.17, 15) is 19.5 Å². The summed E-state index contributed by atoms with van der Waals surface area (Å²) in [6.07, 6.45) is 0.868. The zero-order chi connectivity index (χ0) is 23.2. The van der Waals surface area contributed by atoms with Gasteiger partial charge in [-0.05, 0) is 46.6 Å². The Kier molecular flexibility index (Phi) is 9.18. The lowest BCUT2D eigenvalue weighted by molar-refractivity contribution is -0.186. The molecule has 0 aromatic heterocycles. The van der Waals surface area contributed by atoms with Crippen LogP contribution in [0, 0.1) is 5.92 Å². The number of carbonyl (C=O) groups is 3. The summed E-state index contributed by atoms with van der Waals surface area (Å²) in [4.78, 5) is 37.1. The van der Waals surface area contributed by atoms with Gasteiger partial charge in [0.2, 0.25) is 5.78 Å². The Bertz CT molecular complexity index is 745. The Balaban J connectivity index is 3.31. The summed E-state index contributed by atoms with van der Waals surface area (Å²) >= 11 is 0. The van der Waals surface area contributed by atoms with Gasteiger partial charge in [-0.2, -0.15) is 0 Å². The number of ether oxygens (including phenoxy) is 3. The van der Waals surface area contributed by atoms with Crippen LogP contribution in [0.25, 0.3) is 0 Å². The molecular weight excluding hydrogens is 388 g/mol. The van der Waals surface area contributed by atoms with E-state index >= 15 is 0 Å². The molecule has 30 heavy (non-hydrogen) atoms. The molecule has 0 aromatic carbocycles. The molecule has 0 radical (unpaired) electrons. The first kappa shape index (κ1) is 25.8. The fraction of sp³-hybridized carbons (Fsp3) is 0.609. The van der Waals surface area contributed by atoms with Crippen molar-refractivity contribution in [3.05, 3.63) is 35.5 Å². The third kappa shape index (κ3) is 5.89. The third-order valence-corrected chi connectivity index (χ3v) is 5.58. The van der Waals surface area contributed by atoms with Crippen molar-refractivity contribution in [2.45, 2.75) is 78.3 Å². The van der Waals surface area contributed by atoms with E-state index in [1.165, 1.54) is 21.0 Å². The molecule has 5 atom stereocenters. The molecule has 1 saturated carbocycles. The second kappa shape index (κ2) is 10.7. The Morgan fingerprint density at radius 3 is 2.37 bits per heavy atom. The van der Waals surface area contributed by atoms with Gasteiger partial charge in [-0.15, -0.1) is 0 Å². The summed E-state index contributed by atoms with van der Waals surface area (Å²) in [5.41, 5.74) is 0.356. The standard InChI is InChI=1S/C23H34O7/c1-9-14(4)22(27)30-18(11-10-13(2)3)15(5)17-12-19(25)23(7,28-8)21(26)20(17)29-16(6)24/h9-10,17-20,25H,5,11-12H2,1-4,6-8H3/b14-9-/t17-,18?,19-,20-,23-/m0/s1. The number of hydrogen-bond donors (Lipinski definition) is 1. The van der Waals surface area contributed by atoms with Crippen molar-refractivity contribution in [2.75, 3.05) is 7.11 Å². The number of esters is 2. The van der Waals surface area contributed by atoms with Gasteiger partial charge < -0.3 is 19.3 Å². The summed E-state index contributed by atoms with van der Waals surface area (Å²) in [6.45, 7) is 13.9. The maximum atomic E-state index is 13.1. The van der Waals surface area contributed by atoms with Gasteiger partial charge in [-0.25, -0.2) is 4.79 Å². The summed E-state index contributed by atoms with van der Waals surface area (Å²) in [7, 11) is 1.32. The van der Waals surface area contributed by atoms with Crippen LogP contribution in [0.3, 0.4) is 0 Å². The molecule has 1 rings (SSSR count). The number of hydrogen-bond acceptors (Lipinski definition) is 7. The van der Waals surface area contributed by atoms with Gasteiger partial charge in [0, 0.05) is 31.9 Å². The van der Waals surface area contributed by atoms with Crippen LogP contribution in [0.2, 0.25) is 0 Å². The van der Waals surface area contributed by atoms with Crippen molar-refractivity contribution in [1.82, 2.24) is 0 Å². The van der Waals surface area contributed by atoms with E-state index in [1.807, 2.05) is 19.9 Å². The molecule has 0 bridgehead atoms. The molecule has 168 valence electrons. The van der Waals surface area contributed by atoms with Crippen molar-refractivity contribution in [1.29, 1.82) is 0 Å². The number of aliphatic hydroxyl groups excluding tert-OH is 1. The lowest BCUT2D eigenvalue weighted by atomic mass is 9.70.